The third-order valence-corrected chi connectivity index (χ3v) is 4.26. The summed E-state index contributed by atoms with van der Waals surface area (Å²) in [5.41, 5.74) is 0. The van der Waals surface area contributed by atoms with Crippen molar-refractivity contribution in [3.8, 4) is 5.75 Å². The number of ether oxygens (including phenoxy) is 1. The number of nitrogens with zero attached hydrogens (tertiary/aromatic N) is 1. The molecule has 4 heteroatoms. The number of carbonyl (C=O) groups is 1. The molecule has 19 heavy (non-hydrogen) atoms. The molecule has 1 unspecified atom stereocenters. The quantitative estimate of drug-likeness (QED) is 0.854. The molecule has 1 aromatic carbocycles. The van der Waals surface area contributed by atoms with E-state index in [1.54, 1.807) is 0 Å². The summed E-state index contributed by atoms with van der Waals surface area (Å²) in [5.74, 6) is 1.53. The Morgan fingerprint density at radius 1 is 1.21 bits per heavy atom. The Kier molecular flexibility index (Phi) is 3.78. The van der Waals surface area contributed by atoms with Crippen molar-refractivity contribution in [3.63, 3.8) is 0 Å². The highest BCUT2D eigenvalue weighted by Gasteiger charge is 2.35. The number of amides is 1. The Balaban J connectivity index is 1.58. The number of likely N-dealkylation sites (tertiary alicyclic amines) is 1. The Bertz CT molecular complexity index is 456. The molecule has 0 N–H and O–H groups in total. The second-order valence-electron chi connectivity index (χ2n) is 5.39. The smallest absolute Gasteiger partial charge is 0.225 e. The summed E-state index contributed by atoms with van der Waals surface area (Å²) in [5, 5.41) is 0. The maximum absolute atomic E-state index is 12.1. The van der Waals surface area contributed by atoms with Gasteiger partial charge < -0.3 is 9.64 Å². The first kappa shape index (κ1) is 13.0. The molecular formula is C15H18BrNO2. The van der Waals surface area contributed by atoms with Gasteiger partial charge in [0.05, 0.1) is 6.54 Å². The molecule has 1 saturated carbocycles. The summed E-state index contributed by atoms with van der Waals surface area (Å²) in [4.78, 5) is 14.1. The number of rotatable bonds is 3. The van der Waals surface area contributed by atoms with Gasteiger partial charge >= 0.3 is 0 Å². The molecule has 0 spiro atoms. The van der Waals surface area contributed by atoms with E-state index in [9.17, 15) is 4.79 Å². The minimum Gasteiger partial charge on any atom is -0.489 e. The number of benzene rings is 1. The van der Waals surface area contributed by atoms with Gasteiger partial charge in [-0.2, -0.15) is 0 Å². The molecular weight excluding hydrogens is 306 g/mol. The van der Waals surface area contributed by atoms with Crippen molar-refractivity contribution in [2.24, 2.45) is 5.92 Å². The van der Waals surface area contributed by atoms with Crippen LogP contribution in [0.4, 0.5) is 0 Å². The van der Waals surface area contributed by atoms with E-state index in [1.807, 2.05) is 29.2 Å². The first-order chi connectivity index (χ1) is 9.22. The molecule has 2 fully saturated rings. The normalized spacial score (nSPS) is 23.2. The summed E-state index contributed by atoms with van der Waals surface area (Å²) >= 11 is 3.41. The van der Waals surface area contributed by atoms with Crippen LogP contribution in [-0.2, 0) is 4.79 Å². The van der Waals surface area contributed by atoms with Crippen LogP contribution in [0.15, 0.2) is 28.7 Å². The minimum atomic E-state index is 0.137. The lowest BCUT2D eigenvalue weighted by Gasteiger charge is -2.33. The monoisotopic (exact) mass is 323 g/mol. The van der Waals surface area contributed by atoms with Gasteiger partial charge in [0.1, 0.15) is 11.9 Å². The molecule has 1 heterocycles. The van der Waals surface area contributed by atoms with Crippen LogP contribution in [0.25, 0.3) is 0 Å². The molecule has 1 saturated heterocycles. The maximum Gasteiger partial charge on any atom is 0.225 e. The largest absolute Gasteiger partial charge is 0.489 e. The van der Waals surface area contributed by atoms with Crippen molar-refractivity contribution in [1.82, 2.24) is 4.90 Å². The van der Waals surface area contributed by atoms with E-state index in [4.69, 9.17) is 4.74 Å². The zero-order chi connectivity index (χ0) is 13.2. The van der Waals surface area contributed by atoms with E-state index in [0.717, 1.165) is 49.0 Å². The van der Waals surface area contributed by atoms with E-state index >= 15 is 0 Å². The van der Waals surface area contributed by atoms with Crippen molar-refractivity contribution in [2.75, 3.05) is 13.1 Å². The standard InChI is InChI=1S/C15H18BrNO2/c16-12-5-7-13(8-6-12)19-14-2-1-9-17(10-14)15(18)11-3-4-11/h5-8,11,14H,1-4,9-10H2. The van der Waals surface area contributed by atoms with Crippen LogP contribution in [-0.4, -0.2) is 30.0 Å². The molecule has 3 nitrogen and oxygen atoms in total. The van der Waals surface area contributed by atoms with Crippen LogP contribution in [0, 0.1) is 5.92 Å². The molecule has 3 rings (SSSR count). The van der Waals surface area contributed by atoms with Gasteiger partial charge in [-0.15, -0.1) is 0 Å². The van der Waals surface area contributed by atoms with Gasteiger partial charge in [-0.1, -0.05) is 15.9 Å². The molecule has 0 bridgehead atoms. The van der Waals surface area contributed by atoms with Gasteiger partial charge in [0.15, 0.2) is 0 Å². The summed E-state index contributed by atoms with van der Waals surface area (Å²) in [6.45, 7) is 1.64. The van der Waals surface area contributed by atoms with Crippen molar-refractivity contribution < 1.29 is 9.53 Å². The fraction of sp³-hybridized carbons (Fsp3) is 0.533. The molecule has 1 aliphatic heterocycles. The van der Waals surface area contributed by atoms with Crippen molar-refractivity contribution in [2.45, 2.75) is 31.8 Å². The number of halogens is 1. The van der Waals surface area contributed by atoms with Crippen LogP contribution in [0.3, 0.4) is 0 Å². The summed E-state index contributed by atoms with van der Waals surface area (Å²) in [6, 6.07) is 7.88. The Labute approximate surface area is 122 Å². The van der Waals surface area contributed by atoms with Crippen LogP contribution in [0.1, 0.15) is 25.7 Å². The van der Waals surface area contributed by atoms with Crippen molar-refractivity contribution in [3.05, 3.63) is 28.7 Å². The maximum atomic E-state index is 12.1. The van der Waals surface area contributed by atoms with Crippen molar-refractivity contribution >= 4 is 21.8 Å². The molecule has 2 aliphatic rings. The lowest BCUT2D eigenvalue weighted by molar-refractivity contribution is -0.135. The molecule has 1 amide bonds. The Morgan fingerprint density at radius 3 is 2.63 bits per heavy atom. The minimum absolute atomic E-state index is 0.137. The van der Waals surface area contributed by atoms with Gasteiger partial charge in [-0.3, -0.25) is 4.79 Å². The lowest BCUT2D eigenvalue weighted by atomic mass is 10.1. The average Bonchev–Trinajstić information content (AvgIpc) is 3.25. The molecule has 0 aromatic heterocycles. The number of piperidine rings is 1. The zero-order valence-corrected chi connectivity index (χ0v) is 12.4. The third-order valence-electron chi connectivity index (χ3n) is 3.73. The SMILES string of the molecule is O=C(C1CC1)N1CCCC(Oc2ccc(Br)cc2)C1. The highest BCUT2D eigenvalue weighted by molar-refractivity contribution is 9.10. The van der Waals surface area contributed by atoms with Crippen LogP contribution >= 0.6 is 15.9 Å². The number of hydrogen-bond acceptors (Lipinski definition) is 2. The van der Waals surface area contributed by atoms with E-state index in [-0.39, 0.29) is 6.10 Å². The van der Waals surface area contributed by atoms with Crippen LogP contribution < -0.4 is 4.74 Å². The predicted octanol–water partition coefficient (Wildman–Crippen LogP) is 3.23. The van der Waals surface area contributed by atoms with E-state index in [2.05, 4.69) is 15.9 Å². The second-order valence-corrected chi connectivity index (χ2v) is 6.31. The first-order valence-corrected chi connectivity index (χ1v) is 7.73. The van der Waals surface area contributed by atoms with E-state index in [0.29, 0.717) is 11.8 Å². The van der Waals surface area contributed by atoms with Gasteiger partial charge in [0.2, 0.25) is 5.91 Å². The fourth-order valence-electron chi connectivity index (χ4n) is 2.53. The predicted molar refractivity (Wildman–Crippen MR) is 77.1 cm³/mol. The Hall–Kier alpha value is -1.03. The molecule has 102 valence electrons. The fourth-order valence-corrected chi connectivity index (χ4v) is 2.79. The second kappa shape index (κ2) is 5.53. The third kappa shape index (κ3) is 3.30. The average molecular weight is 324 g/mol. The van der Waals surface area contributed by atoms with Gasteiger partial charge in [-0.05, 0) is 49.9 Å². The molecule has 0 radical (unpaired) electrons. The molecule has 1 aliphatic carbocycles. The number of hydrogen-bond donors (Lipinski definition) is 0. The van der Waals surface area contributed by atoms with Gasteiger partial charge in [-0.25, -0.2) is 0 Å². The first-order valence-electron chi connectivity index (χ1n) is 6.93. The van der Waals surface area contributed by atoms with Crippen LogP contribution in [0.2, 0.25) is 0 Å². The Morgan fingerprint density at radius 2 is 1.95 bits per heavy atom. The summed E-state index contributed by atoms with van der Waals surface area (Å²) in [6.07, 6.45) is 4.36. The highest BCUT2D eigenvalue weighted by atomic mass is 79.9. The van der Waals surface area contributed by atoms with Crippen molar-refractivity contribution in [1.29, 1.82) is 0 Å². The van der Waals surface area contributed by atoms with E-state index in [1.165, 1.54) is 0 Å². The zero-order valence-electron chi connectivity index (χ0n) is 10.8. The van der Waals surface area contributed by atoms with E-state index < -0.39 is 0 Å². The number of carbonyl (C=O) groups excluding carboxylic acids is 1. The molecule has 1 aromatic rings. The topological polar surface area (TPSA) is 29.5 Å². The summed E-state index contributed by atoms with van der Waals surface area (Å²) < 4.78 is 7.03. The van der Waals surface area contributed by atoms with Gasteiger partial charge in [0, 0.05) is 16.9 Å². The van der Waals surface area contributed by atoms with Crippen LogP contribution in [0.5, 0.6) is 5.75 Å². The lowest BCUT2D eigenvalue weighted by Crippen LogP contribution is -2.45. The van der Waals surface area contributed by atoms with Gasteiger partial charge in [0.25, 0.3) is 0 Å². The highest BCUT2D eigenvalue weighted by Crippen LogP contribution is 2.32. The molecule has 1 atom stereocenters. The summed E-state index contributed by atoms with van der Waals surface area (Å²) in [7, 11) is 0.